The maximum Gasteiger partial charge on any atom is 0.255 e. The Morgan fingerprint density at radius 3 is 2.81 bits per heavy atom. The van der Waals surface area contributed by atoms with E-state index in [4.69, 9.17) is 11.6 Å². The van der Waals surface area contributed by atoms with E-state index in [0.29, 0.717) is 22.8 Å². The molecule has 0 bridgehead atoms. The number of nitrogens with zero attached hydrogens (tertiary/aromatic N) is 5. The first-order chi connectivity index (χ1) is 9.63. The van der Waals surface area contributed by atoms with Crippen LogP contribution in [0.15, 0.2) is 24.5 Å². The third-order valence-electron chi connectivity index (χ3n) is 2.84. The maximum atomic E-state index is 12.2. The summed E-state index contributed by atoms with van der Waals surface area (Å²) in [4.78, 5) is 13.9. The average molecular weight is 331 g/mol. The zero-order valence-corrected chi connectivity index (χ0v) is 13.2. The third-order valence-corrected chi connectivity index (χ3v) is 3.15. The molecule has 114 valence electrons. The summed E-state index contributed by atoms with van der Waals surface area (Å²) in [5.74, 6) is -0.117. The Bertz CT molecular complexity index is 589. The quantitative estimate of drug-likeness (QED) is 0.886. The van der Waals surface area contributed by atoms with Gasteiger partial charge in [0.1, 0.15) is 6.33 Å². The summed E-state index contributed by atoms with van der Waals surface area (Å²) in [7, 11) is 3.58. The molecule has 1 heterocycles. The van der Waals surface area contributed by atoms with Crippen molar-refractivity contribution in [2.45, 2.75) is 0 Å². The molecule has 2 aromatic rings. The highest BCUT2D eigenvalue weighted by Crippen LogP contribution is 2.20. The molecule has 0 aliphatic carbocycles. The Labute approximate surface area is 133 Å². The molecule has 1 N–H and O–H groups in total. The molecule has 1 aromatic heterocycles. The van der Waals surface area contributed by atoms with Gasteiger partial charge in [0, 0.05) is 20.1 Å². The molecule has 7 nitrogen and oxygen atoms in total. The molecule has 1 aromatic carbocycles. The van der Waals surface area contributed by atoms with E-state index in [1.165, 1.54) is 11.0 Å². The Balaban J connectivity index is 0.00000220. The van der Waals surface area contributed by atoms with Crippen molar-refractivity contribution < 1.29 is 4.79 Å². The molecule has 0 radical (unpaired) electrons. The van der Waals surface area contributed by atoms with Gasteiger partial charge in [0.15, 0.2) is 0 Å². The van der Waals surface area contributed by atoms with Gasteiger partial charge in [-0.2, -0.15) is 0 Å². The summed E-state index contributed by atoms with van der Waals surface area (Å²) < 4.78 is 1.48. The van der Waals surface area contributed by atoms with Gasteiger partial charge in [-0.05, 0) is 35.7 Å². The number of hydrogen-bond acceptors (Lipinski definition) is 5. The first-order valence-corrected chi connectivity index (χ1v) is 6.44. The Morgan fingerprint density at radius 2 is 2.24 bits per heavy atom. The van der Waals surface area contributed by atoms with Crippen molar-refractivity contribution in [1.82, 2.24) is 30.4 Å². The number of aromatic nitrogens is 4. The highest BCUT2D eigenvalue weighted by Gasteiger charge is 2.15. The van der Waals surface area contributed by atoms with Crippen molar-refractivity contribution in [3.63, 3.8) is 0 Å². The van der Waals surface area contributed by atoms with Gasteiger partial charge in [-0.1, -0.05) is 11.6 Å². The van der Waals surface area contributed by atoms with Gasteiger partial charge in [-0.3, -0.25) is 4.79 Å². The molecule has 1 amide bonds. The van der Waals surface area contributed by atoms with E-state index in [2.05, 4.69) is 20.8 Å². The second-order valence-corrected chi connectivity index (χ2v) is 4.66. The monoisotopic (exact) mass is 330 g/mol. The Morgan fingerprint density at radius 1 is 1.48 bits per heavy atom. The second kappa shape index (κ2) is 7.92. The van der Waals surface area contributed by atoms with Crippen molar-refractivity contribution in [3.8, 4) is 5.69 Å². The number of benzene rings is 1. The fourth-order valence-corrected chi connectivity index (χ4v) is 1.94. The second-order valence-electron chi connectivity index (χ2n) is 4.25. The summed E-state index contributed by atoms with van der Waals surface area (Å²) in [5, 5.41) is 14.3. The minimum atomic E-state index is -0.117. The van der Waals surface area contributed by atoms with E-state index in [9.17, 15) is 4.79 Å². The number of carbonyl (C=O) groups excluding carboxylic acids is 1. The fourth-order valence-electron chi connectivity index (χ4n) is 1.69. The molecule has 0 aliphatic rings. The van der Waals surface area contributed by atoms with Crippen LogP contribution in [0.1, 0.15) is 10.4 Å². The van der Waals surface area contributed by atoms with Gasteiger partial charge >= 0.3 is 0 Å². The van der Waals surface area contributed by atoms with Crippen LogP contribution in [0.5, 0.6) is 0 Å². The standard InChI is InChI=1S/C12H15ClN6O.ClH/c1-14-5-6-18(2)12(20)10-4-3-9(7-11(10)13)19-8-15-16-17-19;/h3-4,7-8,14H,5-6H2,1-2H3;1H. The largest absolute Gasteiger partial charge is 0.340 e. The van der Waals surface area contributed by atoms with Gasteiger partial charge in [-0.25, -0.2) is 4.68 Å². The number of hydrogen-bond donors (Lipinski definition) is 1. The molecule has 0 saturated heterocycles. The molecule has 0 fully saturated rings. The molecule has 0 saturated carbocycles. The molecule has 9 heteroatoms. The van der Waals surface area contributed by atoms with E-state index in [1.807, 2.05) is 7.05 Å². The van der Waals surface area contributed by atoms with Gasteiger partial charge in [0.05, 0.1) is 16.3 Å². The summed E-state index contributed by atoms with van der Waals surface area (Å²) in [6.07, 6.45) is 1.46. The summed E-state index contributed by atoms with van der Waals surface area (Å²) in [6.45, 7) is 1.34. The topological polar surface area (TPSA) is 75.9 Å². The number of nitrogens with one attached hydrogen (secondary N) is 1. The van der Waals surface area contributed by atoms with Crippen LogP contribution in [0.3, 0.4) is 0 Å². The van der Waals surface area contributed by atoms with E-state index in [0.717, 1.165) is 6.54 Å². The third kappa shape index (κ3) is 4.13. The van der Waals surface area contributed by atoms with Crippen LogP contribution in [0.25, 0.3) is 5.69 Å². The van der Waals surface area contributed by atoms with E-state index < -0.39 is 0 Å². The molecule has 0 spiro atoms. The van der Waals surface area contributed by atoms with Gasteiger partial charge < -0.3 is 10.2 Å². The lowest BCUT2D eigenvalue weighted by Gasteiger charge is -2.17. The highest BCUT2D eigenvalue weighted by molar-refractivity contribution is 6.34. The number of likely N-dealkylation sites (N-methyl/N-ethyl adjacent to an activating group) is 2. The van der Waals surface area contributed by atoms with Crippen LogP contribution in [0.4, 0.5) is 0 Å². The molecular weight excluding hydrogens is 315 g/mol. The van der Waals surface area contributed by atoms with Crippen molar-refractivity contribution in [3.05, 3.63) is 35.1 Å². The number of tetrazole rings is 1. The van der Waals surface area contributed by atoms with Crippen LogP contribution in [0, 0.1) is 0 Å². The number of halogens is 2. The fraction of sp³-hybridized carbons (Fsp3) is 0.333. The first-order valence-electron chi connectivity index (χ1n) is 6.06. The van der Waals surface area contributed by atoms with Crippen LogP contribution in [-0.2, 0) is 0 Å². The minimum absolute atomic E-state index is 0. The summed E-state index contributed by atoms with van der Waals surface area (Å²) >= 11 is 6.17. The SMILES string of the molecule is CNCCN(C)C(=O)c1ccc(-n2cnnn2)cc1Cl.Cl. The Kier molecular flexibility index (Phi) is 6.54. The van der Waals surface area contributed by atoms with Crippen molar-refractivity contribution in [2.75, 3.05) is 27.2 Å². The van der Waals surface area contributed by atoms with Crippen LogP contribution >= 0.6 is 24.0 Å². The van der Waals surface area contributed by atoms with E-state index >= 15 is 0 Å². The maximum absolute atomic E-state index is 12.2. The van der Waals surface area contributed by atoms with Crippen molar-refractivity contribution in [2.24, 2.45) is 0 Å². The van der Waals surface area contributed by atoms with Crippen LogP contribution in [-0.4, -0.2) is 58.2 Å². The smallest absolute Gasteiger partial charge is 0.255 e. The number of carbonyl (C=O) groups is 1. The van der Waals surface area contributed by atoms with Gasteiger partial charge in [0.25, 0.3) is 5.91 Å². The molecule has 2 rings (SSSR count). The first kappa shape index (κ1) is 17.4. The minimum Gasteiger partial charge on any atom is -0.340 e. The average Bonchev–Trinajstić information content (AvgIpc) is 2.98. The summed E-state index contributed by atoms with van der Waals surface area (Å²) in [5.41, 5.74) is 1.16. The van der Waals surface area contributed by atoms with E-state index in [-0.39, 0.29) is 18.3 Å². The summed E-state index contributed by atoms with van der Waals surface area (Å²) in [6, 6.07) is 5.09. The predicted octanol–water partition coefficient (Wildman–Crippen LogP) is 1.03. The highest BCUT2D eigenvalue weighted by atomic mass is 35.5. The lowest BCUT2D eigenvalue weighted by atomic mass is 10.2. The lowest BCUT2D eigenvalue weighted by Crippen LogP contribution is -2.32. The van der Waals surface area contributed by atoms with Crippen molar-refractivity contribution in [1.29, 1.82) is 0 Å². The Hall–Kier alpha value is -1.70. The van der Waals surface area contributed by atoms with Crippen LogP contribution < -0.4 is 5.32 Å². The predicted molar refractivity (Wildman–Crippen MR) is 82.3 cm³/mol. The zero-order chi connectivity index (χ0) is 14.5. The lowest BCUT2D eigenvalue weighted by molar-refractivity contribution is 0.0797. The molecule has 0 aliphatic heterocycles. The van der Waals surface area contributed by atoms with Crippen LogP contribution in [0.2, 0.25) is 5.02 Å². The molecule has 0 unspecified atom stereocenters. The molecule has 0 atom stereocenters. The molecule has 21 heavy (non-hydrogen) atoms. The normalized spacial score (nSPS) is 10.0. The van der Waals surface area contributed by atoms with Gasteiger partial charge in [0.2, 0.25) is 0 Å². The van der Waals surface area contributed by atoms with E-state index in [1.54, 1.807) is 30.1 Å². The van der Waals surface area contributed by atoms with Gasteiger partial charge in [-0.15, -0.1) is 17.5 Å². The molecular formula is C12H16Cl2N6O. The zero-order valence-electron chi connectivity index (χ0n) is 11.7. The number of amides is 1. The number of rotatable bonds is 5. The van der Waals surface area contributed by atoms with Crippen molar-refractivity contribution >= 4 is 29.9 Å².